The second-order valence-corrected chi connectivity index (χ2v) is 8.94. The summed E-state index contributed by atoms with van der Waals surface area (Å²) >= 11 is 9.37. The first-order valence-electron chi connectivity index (χ1n) is 13.5. The molecule has 3 rings (SSSR count). The van der Waals surface area contributed by atoms with Crippen LogP contribution < -0.4 is 10.6 Å². The van der Waals surface area contributed by atoms with E-state index in [4.69, 9.17) is 16.6 Å². The summed E-state index contributed by atoms with van der Waals surface area (Å²) in [5.41, 5.74) is 3.74. The Balaban J connectivity index is 0. The molecule has 1 aliphatic rings. The Morgan fingerprint density at radius 3 is 2.30 bits per heavy atom. The van der Waals surface area contributed by atoms with Crippen LogP contribution in [0.5, 0.6) is 0 Å². The Morgan fingerprint density at radius 1 is 1.12 bits per heavy atom. The van der Waals surface area contributed by atoms with E-state index in [1.54, 1.807) is 19.1 Å². The highest BCUT2D eigenvalue weighted by Gasteiger charge is 2.07. The number of nitrogens with zero attached hydrogens (tertiary/aromatic N) is 1. The fourth-order valence-corrected chi connectivity index (χ4v) is 3.27. The minimum Gasteiger partial charge on any atom is -0.465 e. The normalized spacial score (nSPS) is 12.8. The highest BCUT2D eigenvalue weighted by molar-refractivity contribution is 7.96. The molecule has 0 N–H and O–H groups in total. The number of allylic oxidation sites excluding steroid dienone is 2. The van der Waals surface area contributed by atoms with Gasteiger partial charge in [-0.2, -0.15) is 0 Å². The van der Waals surface area contributed by atoms with Crippen LogP contribution in [0.4, 0.5) is 0 Å². The van der Waals surface area contributed by atoms with Crippen molar-refractivity contribution in [2.45, 2.75) is 67.3 Å². The zero-order valence-electron chi connectivity index (χ0n) is 25.3. The van der Waals surface area contributed by atoms with Crippen molar-refractivity contribution in [1.29, 1.82) is 0 Å². The van der Waals surface area contributed by atoms with Crippen molar-refractivity contribution >= 4 is 47.5 Å². The minimum absolute atomic E-state index is 0.139. The quantitative estimate of drug-likeness (QED) is 0.161. The lowest BCUT2D eigenvalue weighted by atomic mass is 10.1. The number of methoxy groups -OCH3 is 1. The third-order valence-electron chi connectivity index (χ3n) is 5.02. The minimum atomic E-state index is -0.402. The number of halogens is 1. The molecule has 0 aliphatic carbocycles. The molecule has 1 atom stereocenters. The summed E-state index contributed by atoms with van der Waals surface area (Å²) in [6, 6.07) is 14.7. The maximum Gasteiger partial charge on any atom is 0.337 e. The van der Waals surface area contributed by atoms with Gasteiger partial charge in [-0.1, -0.05) is 120 Å². The van der Waals surface area contributed by atoms with Gasteiger partial charge in [-0.3, -0.25) is 9.79 Å². The van der Waals surface area contributed by atoms with Crippen molar-refractivity contribution in [3.05, 3.63) is 112 Å². The molecule has 218 valence electrons. The number of fused-ring (bicyclic) bond motifs is 1. The molecule has 2 aromatic carbocycles. The van der Waals surface area contributed by atoms with E-state index in [0.29, 0.717) is 5.57 Å². The predicted molar refractivity (Wildman–Crippen MR) is 177 cm³/mol. The predicted octanol–water partition coefficient (Wildman–Crippen LogP) is 8.15. The number of hydrogen-bond donors (Lipinski definition) is 1. The molecule has 0 radical (unpaired) electrons. The van der Waals surface area contributed by atoms with Crippen LogP contribution in [0.15, 0.2) is 90.0 Å². The van der Waals surface area contributed by atoms with Crippen LogP contribution in [0, 0.1) is 0 Å². The molecule has 0 saturated carbocycles. The first-order valence-corrected chi connectivity index (χ1v) is 14.3. The van der Waals surface area contributed by atoms with Gasteiger partial charge >= 0.3 is 5.97 Å². The molecule has 1 unspecified atom stereocenters. The van der Waals surface area contributed by atoms with E-state index >= 15 is 0 Å². The van der Waals surface area contributed by atoms with E-state index in [1.165, 1.54) is 30.4 Å². The SMILES string of the molecule is C=C/C=C(/C)C(=C)C(=O)OC.CC.CC.CC(=O)S.CCc1cccc(/C=C/C2CC=c3ccc(Cl)cc3=N2)c1. The molecule has 0 bridgehead atoms. The topological polar surface area (TPSA) is 55.7 Å². The summed E-state index contributed by atoms with van der Waals surface area (Å²) in [6.07, 6.45) is 11.9. The Kier molecular flexibility index (Phi) is 23.1. The van der Waals surface area contributed by atoms with Crippen LogP contribution in [0.3, 0.4) is 0 Å². The highest BCUT2D eigenvalue weighted by Crippen LogP contribution is 2.11. The Bertz CT molecular complexity index is 1260. The zero-order chi connectivity index (χ0) is 31.1. The van der Waals surface area contributed by atoms with Crippen molar-refractivity contribution in [2.75, 3.05) is 7.11 Å². The average Bonchev–Trinajstić information content (AvgIpc) is 2.97. The zero-order valence-corrected chi connectivity index (χ0v) is 27.0. The summed E-state index contributed by atoms with van der Waals surface area (Å²) in [6.45, 7) is 20.4. The Morgan fingerprint density at radius 2 is 1.75 bits per heavy atom. The second-order valence-electron chi connectivity index (χ2n) is 7.87. The molecule has 40 heavy (non-hydrogen) atoms. The fourth-order valence-electron chi connectivity index (χ4n) is 3.10. The first kappa shape index (κ1) is 39.0. The van der Waals surface area contributed by atoms with E-state index < -0.39 is 5.97 Å². The van der Waals surface area contributed by atoms with Crippen LogP contribution in [0.2, 0.25) is 5.02 Å². The van der Waals surface area contributed by atoms with Gasteiger partial charge in [0.1, 0.15) is 0 Å². The monoisotopic (exact) mass is 583 g/mol. The van der Waals surface area contributed by atoms with Crippen LogP contribution in [0.1, 0.15) is 66.0 Å². The number of ether oxygens (including phenoxy) is 1. The summed E-state index contributed by atoms with van der Waals surface area (Å²) in [5, 5.41) is 2.77. The molecule has 0 fully saturated rings. The molecule has 2 aromatic rings. The summed E-state index contributed by atoms with van der Waals surface area (Å²) in [4.78, 5) is 24.9. The molecule has 0 aromatic heterocycles. The van der Waals surface area contributed by atoms with Crippen LogP contribution in [-0.2, 0) is 20.7 Å². The van der Waals surface area contributed by atoms with Crippen LogP contribution >= 0.6 is 24.2 Å². The Labute approximate surface area is 252 Å². The van der Waals surface area contributed by atoms with Gasteiger partial charge in [-0.15, -0.1) is 12.6 Å². The van der Waals surface area contributed by atoms with Gasteiger partial charge in [0.15, 0.2) is 5.12 Å². The highest BCUT2D eigenvalue weighted by atomic mass is 35.5. The van der Waals surface area contributed by atoms with Gasteiger partial charge < -0.3 is 4.74 Å². The lowest BCUT2D eigenvalue weighted by Crippen LogP contribution is -2.30. The number of esters is 1. The number of hydrogen-bond acceptors (Lipinski definition) is 4. The molecule has 0 saturated heterocycles. The lowest BCUT2D eigenvalue weighted by molar-refractivity contribution is -0.135. The molecule has 0 amide bonds. The van der Waals surface area contributed by atoms with E-state index in [1.807, 2.05) is 45.9 Å². The van der Waals surface area contributed by atoms with Crippen molar-refractivity contribution < 1.29 is 14.3 Å². The van der Waals surface area contributed by atoms with E-state index in [0.717, 1.165) is 28.8 Å². The standard InChI is InChI=1S/C19H18ClN.C9H12O2.C2H4OS.2C2H6/c1-2-14-4-3-5-15(12-14)6-10-18-11-8-16-7-9-17(20)13-19(16)21-18;1-5-6-7(2)8(3)9(10)11-4;1-2(3)4;2*1-2/h3-10,12-13,18H,2,11H2,1H3;5-6H,1,3H2,2,4H3;1H3,(H,3,4);2*1-2H3/b10-6+;7-6-;;;. The smallest absolute Gasteiger partial charge is 0.337 e. The van der Waals surface area contributed by atoms with Crippen molar-refractivity contribution in [3.63, 3.8) is 0 Å². The third-order valence-corrected chi connectivity index (χ3v) is 5.26. The molecule has 4 nitrogen and oxygen atoms in total. The van der Waals surface area contributed by atoms with Crippen molar-refractivity contribution in [2.24, 2.45) is 4.99 Å². The van der Waals surface area contributed by atoms with Gasteiger partial charge in [0.25, 0.3) is 0 Å². The molecule has 1 heterocycles. The summed E-state index contributed by atoms with van der Waals surface area (Å²) in [5.74, 6) is -0.402. The van der Waals surface area contributed by atoms with Crippen LogP contribution in [0.25, 0.3) is 12.2 Å². The van der Waals surface area contributed by atoms with Gasteiger partial charge in [-0.05, 0) is 53.8 Å². The number of aryl methyl sites for hydroxylation is 1. The summed E-state index contributed by atoms with van der Waals surface area (Å²) in [7, 11) is 1.33. The average molecular weight is 584 g/mol. The maximum atomic E-state index is 10.8. The first-order chi connectivity index (χ1) is 19.1. The van der Waals surface area contributed by atoms with E-state index in [-0.39, 0.29) is 11.2 Å². The maximum absolute atomic E-state index is 10.8. The third kappa shape index (κ3) is 16.7. The molecule has 0 spiro atoms. The second kappa shape index (κ2) is 23.7. The molecule has 6 heteroatoms. The molecular formula is C34H46ClNO3S. The number of benzene rings is 2. The van der Waals surface area contributed by atoms with Gasteiger partial charge in [0.05, 0.1) is 24.1 Å². The summed E-state index contributed by atoms with van der Waals surface area (Å²) < 4.78 is 4.47. The van der Waals surface area contributed by atoms with Crippen LogP contribution in [-0.4, -0.2) is 24.2 Å². The number of carbonyl (C=O) groups is 2. The van der Waals surface area contributed by atoms with Gasteiger partial charge in [0, 0.05) is 11.9 Å². The fraction of sp³-hybridized carbons (Fsp3) is 0.324. The van der Waals surface area contributed by atoms with Crippen molar-refractivity contribution in [1.82, 2.24) is 0 Å². The number of thiol groups is 1. The van der Waals surface area contributed by atoms with Gasteiger partial charge in [0.2, 0.25) is 0 Å². The lowest BCUT2D eigenvalue weighted by Gasteiger charge is -2.09. The molecular weight excluding hydrogens is 538 g/mol. The van der Waals surface area contributed by atoms with E-state index in [9.17, 15) is 9.59 Å². The molecule has 1 aliphatic heterocycles. The number of carbonyl (C=O) groups excluding carboxylic acids is 2. The largest absolute Gasteiger partial charge is 0.465 e. The number of rotatable bonds is 6. The Hall–Kier alpha value is -3.15. The van der Waals surface area contributed by atoms with Gasteiger partial charge in [-0.25, -0.2) is 4.79 Å². The van der Waals surface area contributed by atoms with E-state index in [2.05, 4.69) is 79.9 Å². The van der Waals surface area contributed by atoms with Crippen molar-refractivity contribution in [3.8, 4) is 0 Å².